The molecule has 25 heavy (non-hydrogen) atoms. The Morgan fingerprint density at radius 2 is 1.96 bits per heavy atom. The molecule has 0 unspecified atom stereocenters. The fourth-order valence-electron chi connectivity index (χ4n) is 3.44. The SMILES string of the molecule is O=C(CC1CCCCC1)Nc1cccc(S(=O)(=O)NC2=NCCC2)c1. The minimum absolute atomic E-state index is 0.0467. The highest BCUT2D eigenvalue weighted by Gasteiger charge is 2.20. The number of amides is 1. The lowest BCUT2D eigenvalue weighted by molar-refractivity contribution is -0.117. The van der Waals surface area contributed by atoms with Gasteiger partial charge in [0.15, 0.2) is 0 Å². The molecule has 1 saturated carbocycles. The first kappa shape index (κ1) is 17.9. The molecular formula is C18H25N3O3S. The summed E-state index contributed by atoms with van der Waals surface area (Å²) in [4.78, 5) is 16.5. The second-order valence-corrected chi connectivity index (χ2v) is 8.50. The average Bonchev–Trinajstić information content (AvgIpc) is 3.08. The van der Waals surface area contributed by atoms with Crippen molar-refractivity contribution in [2.45, 2.75) is 56.3 Å². The summed E-state index contributed by atoms with van der Waals surface area (Å²) in [6.07, 6.45) is 7.89. The van der Waals surface area contributed by atoms with Gasteiger partial charge in [-0.05, 0) is 43.4 Å². The molecule has 1 aromatic rings. The maximum absolute atomic E-state index is 12.4. The van der Waals surface area contributed by atoms with Crippen LogP contribution in [0.3, 0.4) is 0 Å². The number of anilines is 1. The zero-order chi connectivity index (χ0) is 17.7. The van der Waals surface area contributed by atoms with Gasteiger partial charge in [0.1, 0.15) is 5.84 Å². The Morgan fingerprint density at radius 3 is 2.68 bits per heavy atom. The smallest absolute Gasteiger partial charge is 0.262 e. The second kappa shape index (κ2) is 7.99. The third-order valence-corrected chi connectivity index (χ3v) is 6.13. The van der Waals surface area contributed by atoms with Crippen molar-refractivity contribution in [1.29, 1.82) is 0 Å². The average molecular weight is 363 g/mol. The lowest BCUT2D eigenvalue weighted by Crippen LogP contribution is -2.29. The first-order chi connectivity index (χ1) is 12.0. The van der Waals surface area contributed by atoms with Gasteiger partial charge in [-0.2, -0.15) is 0 Å². The molecule has 0 spiro atoms. The Labute approximate surface area is 149 Å². The van der Waals surface area contributed by atoms with E-state index < -0.39 is 10.0 Å². The predicted molar refractivity (Wildman–Crippen MR) is 98.1 cm³/mol. The van der Waals surface area contributed by atoms with Crippen LogP contribution < -0.4 is 10.0 Å². The summed E-state index contributed by atoms with van der Waals surface area (Å²) in [5, 5.41) is 2.83. The lowest BCUT2D eigenvalue weighted by atomic mass is 9.87. The number of aliphatic imine (C=N–C) groups is 1. The van der Waals surface area contributed by atoms with Gasteiger partial charge in [0, 0.05) is 25.1 Å². The highest BCUT2D eigenvalue weighted by Crippen LogP contribution is 2.26. The predicted octanol–water partition coefficient (Wildman–Crippen LogP) is 3.07. The van der Waals surface area contributed by atoms with Crippen molar-refractivity contribution in [3.8, 4) is 0 Å². The molecule has 0 bridgehead atoms. The number of carbonyl (C=O) groups excluding carboxylic acids is 1. The van der Waals surface area contributed by atoms with E-state index in [0.717, 1.165) is 19.3 Å². The van der Waals surface area contributed by atoms with E-state index in [9.17, 15) is 13.2 Å². The van der Waals surface area contributed by atoms with E-state index >= 15 is 0 Å². The molecule has 2 N–H and O–H groups in total. The Balaban J connectivity index is 1.63. The molecule has 1 fully saturated rings. The third kappa shape index (κ3) is 5.04. The summed E-state index contributed by atoms with van der Waals surface area (Å²) in [5.74, 6) is 0.907. The summed E-state index contributed by atoms with van der Waals surface area (Å²) in [6, 6.07) is 6.37. The number of benzene rings is 1. The molecule has 1 heterocycles. The van der Waals surface area contributed by atoms with Crippen molar-refractivity contribution in [2.24, 2.45) is 10.9 Å². The van der Waals surface area contributed by atoms with Crippen LogP contribution >= 0.6 is 0 Å². The highest BCUT2D eigenvalue weighted by atomic mass is 32.2. The number of carbonyl (C=O) groups is 1. The zero-order valence-corrected chi connectivity index (χ0v) is 15.1. The minimum atomic E-state index is -3.66. The number of nitrogens with one attached hydrogen (secondary N) is 2. The van der Waals surface area contributed by atoms with E-state index in [4.69, 9.17) is 0 Å². The molecule has 0 aromatic heterocycles. The molecule has 136 valence electrons. The molecular weight excluding hydrogens is 338 g/mol. The summed E-state index contributed by atoms with van der Waals surface area (Å²) in [6.45, 7) is 0.662. The summed E-state index contributed by atoms with van der Waals surface area (Å²) in [5.41, 5.74) is 0.511. The Kier molecular flexibility index (Phi) is 5.73. The van der Waals surface area contributed by atoms with Crippen molar-refractivity contribution in [3.63, 3.8) is 0 Å². The maximum atomic E-state index is 12.4. The molecule has 1 aliphatic heterocycles. The van der Waals surface area contributed by atoms with Gasteiger partial charge in [-0.3, -0.25) is 14.5 Å². The van der Waals surface area contributed by atoms with E-state index in [1.807, 2.05) is 0 Å². The first-order valence-electron chi connectivity index (χ1n) is 8.99. The van der Waals surface area contributed by atoms with Gasteiger partial charge in [-0.25, -0.2) is 8.42 Å². The molecule has 2 aliphatic rings. The van der Waals surface area contributed by atoms with Gasteiger partial charge in [-0.15, -0.1) is 0 Å². The van der Waals surface area contributed by atoms with Gasteiger partial charge >= 0.3 is 0 Å². The van der Waals surface area contributed by atoms with Gasteiger partial charge in [0.2, 0.25) is 5.91 Å². The maximum Gasteiger partial charge on any atom is 0.262 e. The molecule has 0 atom stereocenters. The number of amidine groups is 1. The summed E-state index contributed by atoms with van der Waals surface area (Å²) in [7, 11) is -3.66. The zero-order valence-electron chi connectivity index (χ0n) is 14.3. The van der Waals surface area contributed by atoms with E-state index in [1.54, 1.807) is 12.1 Å². The molecule has 7 heteroatoms. The van der Waals surface area contributed by atoms with Crippen LogP contribution in [0.25, 0.3) is 0 Å². The number of rotatable bonds is 5. The number of sulfonamides is 1. The molecule has 3 rings (SSSR count). The lowest BCUT2D eigenvalue weighted by Gasteiger charge is -2.20. The van der Waals surface area contributed by atoms with Crippen LogP contribution in [-0.4, -0.2) is 26.7 Å². The molecule has 1 aliphatic carbocycles. The van der Waals surface area contributed by atoms with Gasteiger partial charge in [0.05, 0.1) is 4.90 Å². The molecule has 0 radical (unpaired) electrons. The topological polar surface area (TPSA) is 87.6 Å². The van der Waals surface area contributed by atoms with Crippen LogP contribution in [0.15, 0.2) is 34.2 Å². The van der Waals surface area contributed by atoms with Gasteiger partial charge in [0.25, 0.3) is 10.0 Å². The van der Waals surface area contributed by atoms with Crippen LogP contribution in [0.4, 0.5) is 5.69 Å². The van der Waals surface area contributed by atoms with Gasteiger partial charge in [-0.1, -0.05) is 25.3 Å². The van der Waals surface area contributed by atoms with Crippen LogP contribution in [0.2, 0.25) is 0 Å². The molecule has 1 aromatic carbocycles. The summed E-state index contributed by atoms with van der Waals surface area (Å²) >= 11 is 0. The summed E-state index contributed by atoms with van der Waals surface area (Å²) < 4.78 is 27.4. The van der Waals surface area contributed by atoms with E-state index in [0.29, 0.717) is 36.8 Å². The van der Waals surface area contributed by atoms with Crippen LogP contribution in [0, 0.1) is 5.92 Å². The Bertz CT molecular complexity index is 753. The molecule has 6 nitrogen and oxygen atoms in total. The number of nitrogens with zero attached hydrogens (tertiary/aromatic N) is 1. The van der Waals surface area contributed by atoms with E-state index in [2.05, 4.69) is 15.0 Å². The van der Waals surface area contributed by atoms with Crippen LogP contribution in [-0.2, 0) is 14.8 Å². The van der Waals surface area contributed by atoms with Crippen molar-refractivity contribution >= 4 is 27.5 Å². The normalized spacial score (nSPS) is 18.6. The highest BCUT2D eigenvalue weighted by molar-refractivity contribution is 7.90. The Morgan fingerprint density at radius 1 is 1.16 bits per heavy atom. The molecule has 1 amide bonds. The first-order valence-corrected chi connectivity index (χ1v) is 10.5. The fraction of sp³-hybridized carbons (Fsp3) is 0.556. The second-order valence-electron chi connectivity index (χ2n) is 6.82. The van der Waals surface area contributed by atoms with Crippen LogP contribution in [0.1, 0.15) is 51.4 Å². The van der Waals surface area contributed by atoms with Crippen molar-refractivity contribution in [3.05, 3.63) is 24.3 Å². The standard InChI is InChI=1S/C18H25N3O3S/c22-18(12-14-6-2-1-3-7-14)20-15-8-4-9-16(13-15)25(23,24)21-17-10-5-11-19-17/h4,8-9,13-14H,1-3,5-7,10-12H2,(H,19,21)(H,20,22). The van der Waals surface area contributed by atoms with E-state index in [-0.39, 0.29) is 10.8 Å². The van der Waals surface area contributed by atoms with E-state index in [1.165, 1.54) is 31.4 Å². The Hall–Kier alpha value is -1.89. The number of hydrogen-bond donors (Lipinski definition) is 2. The fourth-order valence-corrected chi connectivity index (χ4v) is 4.58. The van der Waals surface area contributed by atoms with Gasteiger partial charge < -0.3 is 5.32 Å². The molecule has 0 saturated heterocycles. The van der Waals surface area contributed by atoms with Crippen molar-refractivity contribution in [2.75, 3.05) is 11.9 Å². The largest absolute Gasteiger partial charge is 0.326 e. The van der Waals surface area contributed by atoms with Crippen LogP contribution in [0.5, 0.6) is 0 Å². The third-order valence-electron chi connectivity index (χ3n) is 4.75. The number of hydrogen-bond acceptors (Lipinski definition) is 4. The quantitative estimate of drug-likeness (QED) is 0.843. The monoisotopic (exact) mass is 363 g/mol. The minimum Gasteiger partial charge on any atom is -0.326 e. The van der Waals surface area contributed by atoms with Crippen molar-refractivity contribution < 1.29 is 13.2 Å². The van der Waals surface area contributed by atoms with Crippen molar-refractivity contribution in [1.82, 2.24) is 4.72 Å².